The third-order valence-electron chi connectivity index (χ3n) is 2.31. The Morgan fingerprint density at radius 1 is 1.00 bits per heavy atom. The van der Waals surface area contributed by atoms with E-state index in [9.17, 15) is 0 Å². The van der Waals surface area contributed by atoms with Crippen molar-refractivity contribution < 1.29 is 0 Å². The van der Waals surface area contributed by atoms with E-state index in [1.54, 1.807) is 0 Å². The molecule has 0 heterocycles. The van der Waals surface area contributed by atoms with Gasteiger partial charge in [0.2, 0.25) is 0 Å². The van der Waals surface area contributed by atoms with Crippen molar-refractivity contribution in [2.45, 2.75) is 34.6 Å². The van der Waals surface area contributed by atoms with Crippen LogP contribution in [0.5, 0.6) is 0 Å². The zero-order valence-electron chi connectivity index (χ0n) is 8.00. The highest BCUT2D eigenvalue weighted by molar-refractivity contribution is 6.22. The van der Waals surface area contributed by atoms with Crippen LogP contribution in [0.3, 0.4) is 0 Å². The summed E-state index contributed by atoms with van der Waals surface area (Å²) in [5.41, 5.74) is 3.56. The van der Waals surface area contributed by atoms with Crippen LogP contribution in [0.15, 0.2) is 0 Å². The van der Waals surface area contributed by atoms with Crippen molar-refractivity contribution in [2.75, 3.05) is 0 Å². The van der Waals surface area contributed by atoms with Gasteiger partial charge in [-0.05, 0) is 19.3 Å². The highest BCUT2D eigenvalue weighted by Crippen LogP contribution is 2.36. The molecule has 0 amide bonds. The van der Waals surface area contributed by atoms with Gasteiger partial charge in [-0.15, -0.1) is 11.5 Å². The molecular formula is C9H18Si. The van der Waals surface area contributed by atoms with E-state index in [2.05, 4.69) is 46.1 Å². The lowest BCUT2D eigenvalue weighted by Gasteiger charge is -2.33. The van der Waals surface area contributed by atoms with E-state index < -0.39 is 0 Å². The Labute approximate surface area is 67.8 Å². The maximum atomic E-state index is 3.27. The molecule has 0 aliphatic rings. The van der Waals surface area contributed by atoms with Crippen LogP contribution in [-0.4, -0.2) is 10.2 Å². The molecule has 0 nitrogen and oxygen atoms in total. The van der Waals surface area contributed by atoms with Gasteiger partial charge >= 0.3 is 0 Å². The Morgan fingerprint density at radius 3 is 1.50 bits per heavy atom. The largest absolute Gasteiger partial charge is 0.143 e. The molecule has 0 aromatic rings. The first kappa shape index (κ1) is 9.78. The summed E-state index contributed by atoms with van der Waals surface area (Å²) in [4.78, 5) is 0. The lowest BCUT2D eigenvalue weighted by molar-refractivity contribution is 0.205. The minimum absolute atomic E-state index is 0.161. The zero-order chi connectivity index (χ0) is 8.41. The average molecular weight is 154 g/mol. The molecule has 1 heteroatoms. The molecule has 0 aromatic carbocycles. The van der Waals surface area contributed by atoms with Crippen molar-refractivity contribution in [3.05, 3.63) is 0 Å². The van der Waals surface area contributed by atoms with E-state index in [1.807, 2.05) is 0 Å². The maximum absolute atomic E-state index is 3.27. The van der Waals surface area contributed by atoms with Crippen LogP contribution in [0.2, 0.25) is 0 Å². The summed E-state index contributed by atoms with van der Waals surface area (Å²) in [6.07, 6.45) is 0. The van der Waals surface area contributed by atoms with Gasteiger partial charge in [-0.1, -0.05) is 20.8 Å². The second-order valence-electron chi connectivity index (χ2n) is 4.25. The fraction of sp³-hybridized carbons (Fsp3) is 0.778. The highest BCUT2D eigenvalue weighted by Gasteiger charge is 2.30. The zero-order valence-corrected chi connectivity index (χ0v) is 10.0. The molecule has 0 aliphatic heterocycles. The molecule has 0 aliphatic carbocycles. The summed E-state index contributed by atoms with van der Waals surface area (Å²) in [7, 11) is 0.992. The van der Waals surface area contributed by atoms with E-state index in [4.69, 9.17) is 0 Å². The fourth-order valence-electron chi connectivity index (χ4n) is 0.500. The van der Waals surface area contributed by atoms with Gasteiger partial charge in [0.15, 0.2) is 0 Å². The van der Waals surface area contributed by atoms with Crippen molar-refractivity contribution in [1.82, 2.24) is 0 Å². The summed E-state index contributed by atoms with van der Waals surface area (Å²) in [6, 6.07) is 0. The van der Waals surface area contributed by atoms with Gasteiger partial charge in [0.25, 0.3) is 0 Å². The van der Waals surface area contributed by atoms with E-state index in [0.717, 1.165) is 10.2 Å². The SMILES string of the molecule is CC(C)(C)C(C)(C)C#C[SiH3]. The minimum Gasteiger partial charge on any atom is -0.143 e. The van der Waals surface area contributed by atoms with Gasteiger partial charge in [0.1, 0.15) is 0 Å². The van der Waals surface area contributed by atoms with Crippen molar-refractivity contribution in [2.24, 2.45) is 10.8 Å². The van der Waals surface area contributed by atoms with E-state index in [0.29, 0.717) is 5.41 Å². The first-order valence-electron chi connectivity index (χ1n) is 3.75. The third kappa shape index (κ3) is 2.19. The summed E-state index contributed by atoms with van der Waals surface area (Å²) in [5, 5.41) is 0. The number of hydrogen-bond acceptors (Lipinski definition) is 0. The maximum Gasteiger partial charge on any atom is 0.0906 e. The predicted octanol–water partition coefficient (Wildman–Crippen LogP) is 1.39. The lowest BCUT2D eigenvalue weighted by Crippen LogP contribution is -2.27. The van der Waals surface area contributed by atoms with Crippen molar-refractivity contribution in [1.29, 1.82) is 0 Å². The molecule has 0 unspecified atom stereocenters. The van der Waals surface area contributed by atoms with Crippen LogP contribution in [0.1, 0.15) is 34.6 Å². The van der Waals surface area contributed by atoms with Gasteiger partial charge in [-0.2, -0.15) is 0 Å². The van der Waals surface area contributed by atoms with Gasteiger partial charge in [0.05, 0.1) is 10.2 Å². The smallest absolute Gasteiger partial charge is 0.0906 e. The molecule has 0 saturated carbocycles. The highest BCUT2D eigenvalue weighted by atomic mass is 28.1. The fourth-order valence-corrected chi connectivity index (χ4v) is 1.12. The quantitative estimate of drug-likeness (QED) is 0.365. The second kappa shape index (κ2) is 2.80. The lowest BCUT2D eigenvalue weighted by atomic mass is 9.70. The van der Waals surface area contributed by atoms with Crippen molar-refractivity contribution in [3.8, 4) is 11.5 Å². The molecular weight excluding hydrogens is 136 g/mol. The topological polar surface area (TPSA) is 0 Å². The van der Waals surface area contributed by atoms with Crippen LogP contribution in [0.25, 0.3) is 0 Å². The van der Waals surface area contributed by atoms with Gasteiger partial charge in [0, 0.05) is 5.41 Å². The molecule has 0 saturated heterocycles. The van der Waals surface area contributed by atoms with E-state index in [-0.39, 0.29) is 5.41 Å². The summed E-state index contributed by atoms with van der Waals surface area (Å²) in [6.45, 7) is 11.1. The van der Waals surface area contributed by atoms with E-state index in [1.165, 1.54) is 0 Å². The monoisotopic (exact) mass is 154 g/mol. The predicted molar refractivity (Wildman–Crippen MR) is 51.0 cm³/mol. The van der Waals surface area contributed by atoms with Gasteiger partial charge in [-0.3, -0.25) is 0 Å². The molecule has 0 rings (SSSR count). The normalized spacial score (nSPS) is 12.5. The van der Waals surface area contributed by atoms with Gasteiger partial charge in [-0.25, -0.2) is 0 Å². The molecule has 0 radical (unpaired) electrons. The summed E-state index contributed by atoms with van der Waals surface area (Å²) < 4.78 is 0. The average Bonchev–Trinajstić information content (AvgIpc) is 1.61. The molecule has 10 heavy (non-hydrogen) atoms. The van der Waals surface area contributed by atoms with Crippen LogP contribution in [-0.2, 0) is 0 Å². The summed E-state index contributed by atoms with van der Waals surface area (Å²) in [5.74, 6) is 3.27. The minimum atomic E-state index is 0.161. The Bertz CT molecular complexity index is 161. The molecule has 58 valence electrons. The Morgan fingerprint density at radius 2 is 1.40 bits per heavy atom. The first-order chi connectivity index (χ1) is 4.31. The van der Waals surface area contributed by atoms with Crippen LogP contribution in [0, 0.1) is 22.3 Å². The number of hydrogen-bond donors (Lipinski definition) is 0. The molecule has 0 bridgehead atoms. The van der Waals surface area contributed by atoms with Crippen LogP contribution in [0.4, 0.5) is 0 Å². The Hall–Kier alpha value is -0.223. The van der Waals surface area contributed by atoms with Crippen LogP contribution < -0.4 is 0 Å². The summed E-state index contributed by atoms with van der Waals surface area (Å²) >= 11 is 0. The number of rotatable bonds is 0. The van der Waals surface area contributed by atoms with Gasteiger partial charge < -0.3 is 0 Å². The Balaban J connectivity index is 4.51. The molecule has 0 spiro atoms. The first-order valence-corrected chi connectivity index (χ1v) is 4.75. The molecule has 0 fully saturated rings. The molecule has 0 atom stereocenters. The standard InChI is InChI=1S/C9H18Si/c1-8(2,3)9(4,5)6-7-10/h1-5,10H3. The van der Waals surface area contributed by atoms with Crippen LogP contribution >= 0.6 is 0 Å². The molecule has 0 N–H and O–H groups in total. The Kier molecular flexibility index (Phi) is 2.73. The third-order valence-corrected chi connectivity index (χ3v) is 2.56. The van der Waals surface area contributed by atoms with Crippen molar-refractivity contribution >= 4 is 10.2 Å². The van der Waals surface area contributed by atoms with E-state index >= 15 is 0 Å². The van der Waals surface area contributed by atoms with Crippen molar-refractivity contribution in [3.63, 3.8) is 0 Å². The molecule has 0 aromatic heterocycles. The second-order valence-corrected chi connectivity index (χ2v) is 4.75.